The van der Waals surface area contributed by atoms with Gasteiger partial charge in [0.15, 0.2) is 12.4 Å². The summed E-state index contributed by atoms with van der Waals surface area (Å²) in [5.74, 6) is 0.381. The summed E-state index contributed by atoms with van der Waals surface area (Å²) in [5, 5.41) is 2.96. The van der Waals surface area contributed by atoms with Crippen LogP contribution in [-0.2, 0) is 4.79 Å². The Hall–Kier alpha value is -2.04. The average molecular weight is 304 g/mol. The van der Waals surface area contributed by atoms with Gasteiger partial charge in [0.2, 0.25) is 0 Å². The Bertz CT molecular complexity index is 537. The maximum atomic E-state index is 11.8. The zero-order valence-corrected chi connectivity index (χ0v) is 13.1. The third kappa shape index (κ3) is 4.48. The maximum Gasteiger partial charge on any atom is 0.258 e. The molecule has 1 aromatic carbocycles. The molecule has 1 fully saturated rings. The molecule has 5 nitrogen and oxygen atoms in total. The molecule has 0 aromatic heterocycles. The fraction of sp³-hybridized carbons (Fsp3) is 0.529. The molecule has 0 radical (unpaired) electrons. The molecule has 0 saturated heterocycles. The van der Waals surface area contributed by atoms with Gasteiger partial charge in [0, 0.05) is 18.0 Å². The normalized spacial score (nSPS) is 14.8. The topological polar surface area (TPSA) is 81.4 Å². The van der Waals surface area contributed by atoms with Crippen molar-refractivity contribution in [2.45, 2.75) is 51.5 Å². The molecule has 0 unspecified atom stereocenters. The SMILES string of the molecule is CCCC(=O)c1ccc(OCC(=O)NC2CCCC2)c(N)c1. The Kier molecular flexibility index (Phi) is 5.81. The lowest BCUT2D eigenvalue weighted by Gasteiger charge is -2.13. The van der Waals surface area contributed by atoms with Crippen molar-refractivity contribution < 1.29 is 14.3 Å². The van der Waals surface area contributed by atoms with Crippen molar-refractivity contribution in [3.63, 3.8) is 0 Å². The molecule has 1 aliphatic rings. The molecule has 1 saturated carbocycles. The van der Waals surface area contributed by atoms with Gasteiger partial charge in [-0.15, -0.1) is 0 Å². The van der Waals surface area contributed by atoms with Gasteiger partial charge in [0.05, 0.1) is 5.69 Å². The van der Waals surface area contributed by atoms with E-state index >= 15 is 0 Å². The monoisotopic (exact) mass is 304 g/mol. The van der Waals surface area contributed by atoms with Crippen LogP contribution in [0.4, 0.5) is 5.69 Å². The molecule has 120 valence electrons. The van der Waals surface area contributed by atoms with Crippen LogP contribution in [0.1, 0.15) is 55.8 Å². The van der Waals surface area contributed by atoms with Gasteiger partial charge in [0.1, 0.15) is 5.75 Å². The Morgan fingerprint density at radius 3 is 2.68 bits per heavy atom. The van der Waals surface area contributed by atoms with Gasteiger partial charge in [-0.1, -0.05) is 19.8 Å². The Morgan fingerprint density at radius 1 is 1.32 bits per heavy atom. The van der Waals surface area contributed by atoms with Crippen molar-refractivity contribution in [2.24, 2.45) is 0 Å². The van der Waals surface area contributed by atoms with Gasteiger partial charge in [-0.2, -0.15) is 0 Å². The molecule has 22 heavy (non-hydrogen) atoms. The number of benzene rings is 1. The van der Waals surface area contributed by atoms with E-state index in [1.807, 2.05) is 6.92 Å². The molecule has 1 amide bonds. The Labute approximate surface area is 131 Å². The summed E-state index contributed by atoms with van der Waals surface area (Å²) >= 11 is 0. The zero-order valence-electron chi connectivity index (χ0n) is 13.1. The van der Waals surface area contributed by atoms with Crippen molar-refractivity contribution in [2.75, 3.05) is 12.3 Å². The van der Waals surface area contributed by atoms with Gasteiger partial charge < -0.3 is 15.8 Å². The van der Waals surface area contributed by atoms with Crippen LogP contribution in [0.5, 0.6) is 5.75 Å². The maximum absolute atomic E-state index is 11.8. The highest BCUT2D eigenvalue weighted by molar-refractivity contribution is 5.97. The smallest absolute Gasteiger partial charge is 0.258 e. The average Bonchev–Trinajstić information content (AvgIpc) is 2.99. The van der Waals surface area contributed by atoms with E-state index in [4.69, 9.17) is 10.5 Å². The molecule has 0 atom stereocenters. The largest absolute Gasteiger partial charge is 0.482 e. The molecule has 0 bridgehead atoms. The molecule has 1 aromatic rings. The van der Waals surface area contributed by atoms with Gasteiger partial charge in [0.25, 0.3) is 5.91 Å². The highest BCUT2D eigenvalue weighted by Crippen LogP contribution is 2.23. The lowest BCUT2D eigenvalue weighted by atomic mass is 10.1. The fourth-order valence-electron chi connectivity index (χ4n) is 2.71. The van der Waals surface area contributed by atoms with Crippen LogP contribution >= 0.6 is 0 Å². The van der Waals surface area contributed by atoms with Gasteiger partial charge in [-0.05, 0) is 37.5 Å². The lowest BCUT2D eigenvalue weighted by Crippen LogP contribution is -2.36. The second-order valence-corrected chi connectivity index (χ2v) is 5.76. The summed E-state index contributed by atoms with van der Waals surface area (Å²) < 4.78 is 5.46. The first-order valence-corrected chi connectivity index (χ1v) is 7.95. The number of rotatable bonds is 7. The predicted molar refractivity (Wildman–Crippen MR) is 86.0 cm³/mol. The first-order valence-electron chi connectivity index (χ1n) is 7.95. The second-order valence-electron chi connectivity index (χ2n) is 5.76. The molecule has 0 aliphatic heterocycles. The number of nitrogens with two attached hydrogens (primary N) is 1. The first kappa shape index (κ1) is 16.3. The summed E-state index contributed by atoms with van der Waals surface area (Å²) in [5.41, 5.74) is 6.87. The van der Waals surface area contributed by atoms with Crippen LogP contribution in [0.2, 0.25) is 0 Å². The van der Waals surface area contributed by atoms with E-state index in [-0.39, 0.29) is 24.3 Å². The third-order valence-corrected chi connectivity index (χ3v) is 3.89. The number of nitrogen functional groups attached to an aromatic ring is 1. The Morgan fingerprint density at radius 2 is 2.05 bits per heavy atom. The number of anilines is 1. The number of hydrogen-bond donors (Lipinski definition) is 2. The van der Waals surface area contributed by atoms with Gasteiger partial charge in [-0.3, -0.25) is 9.59 Å². The quantitative estimate of drug-likeness (QED) is 0.599. The van der Waals surface area contributed by atoms with Crippen LogP contribution in [0.15, 0.2) is 18.2 Å². The van der Waals surface area contributed by atoms with E-state index in [2.05, 4.69) is 5.32 Å². The number of amides is 1. The summed E-state index contributed by atoms with van der Waals surface area (Å²) in [4.78, 5) is 23.6. The van der Waals surface area contributed by atoms with Crippen molar-refractivity contribution in [3.05, 3.63) is 23.8 Å². The van der Waals surface area contributed by atoms with Crippen LogP contribution in [0.3, 0.4) is 0 Å². The predicted octanol–water partition coefficient (Wildman–Crippen LogP) is 2.69. The molecule has 5 heteroatoms. The highest BCUT2D eigenvalue weighted by atomic mass is 16.5. The van der Waals surface area contributed by atoms with E-state index in [9.17, 15) is 9.59 Å². The minimum atomic E-state index is -0.127. The number of ketones is 1. The molecule has 3 N–H and O–H groups in total. The molecular formula is C17H24N2O3. The summed E-state index contributed by atoms with van der Waals surface area (Å²) in [7, 11) is 0. The Balaban J connectivity index is 1.87. The summed E-state index contributed by atoms with van der Waals surface area (Å²) in [6.45, 7) is 1.91. The van der Waals surface area contributed by atoms with Crippen molar-refractivity contribution in [1.29, 1.82) is 0 Å². The molecular weight excluding hydrogens is 280 g/mol. The number of hydrogen-bond acceptors (Lipinski definition) is 4. The van der Waals surface area contributed by atoms with Gasteiger partial charge >= 0.3 is 0 Å². The van der Waals surface area contributed by atoms with Gasteiger partial charge in [-0.25, -0.2) is 0 Å². The number of Topliss-reactive ketones (excluding diaryl/α,β-unsaturated/α-hetero) is 1. The highest BCUT2D eigenvalue weighted by Gasteiger charge is 2.17. The van der Waals surface area contributed by atoms with E-state index in [0.717, 1.165) is 19.3 Å². The fourth-order valence-corrected chi connectivity index (χ4v) is 2.71. The number of carbonyl (C=O) groups is 2. The molecule has 1 aliphatic carbocycles. The zero-order chi connectivity index (χ0) is 15.9. The minimum absolute atomic E-state index is 0.0526. The number of carbonyl (C=O) groups excluding carboxylic acids is 2. The van der Waals surface area contributed by atoms with Crippen LogP contribution in [-0.4, -0.2) is 24.3 Å². The molecule has 0 heterocycles. The van der Waals surface area contributed by atoms with Crippen molar-refractivity contribution in [1.82, 2.24) is 5.32 Å². The molecule has 2 rings (SSSR count). The van der Waals surface area contributed by atoms with Crippen LogP contribution < -0.4 is 15.8 Å². The number of nitrogens with one attached hydrogen (secondary N) is 1. The first-order chi connectivity index (χ1) is 10.6. The minimum Gasteiger partial charge on any atom is -0.482 e. The molecule has 0 spiro atoms. The van der Waals surface area contributed by atoms with Crippen molar-refractivity contribution in [3.8, 4) is 5.75 Å². The number of ether oxygens (including phenoxy) is 1. The summed E-state index contributed by atoms with van der Waals surface area (Å²) in [6.07, 6.45) is 5.74. The van der Waals surface area contributed by atoms with E-state index in [1.165, 1.54) is 12.8 Å². The summed E-state index contributed by atoms with van der Waals surface area (Å²) in [6, 6.07) is 5.24. The van der Waals surface area contributed by atoms with E-state index in [1.54, 1.807) is 18.2 Å². The second kappa shape index (κ2) is 7.82. The van der Waals surface area contributed by atoms with E-state index in [0.29, 0.717) is 23.4 Å². The third-order valence-electron chi connectivity index (χ3n) is 3.89. The van der Waals surface area contributed by atoms with Crippen LogP contribution in [0.25, 0.3) is 0 Å². The standard InChI is InChI=1S/C17H24N2O3/c1-2-5-15(20)12-8-9-16(14(18)10-12)22-11-17(21)19-13-6-3-4-7-13/h8-10,13H,2-7,11,18H2,1H3,(H,19,21). The van der Waals surface area contributed by atoms with E-state index < -0.39 is 0 Å². The lowest BCUT2D eigenvalue weighted by molar-refractivity contribution is -0.123. The van der Waals surface area contributed by atoms with Crippen LogP contribution in [0, 0.1) is 0 Å². The van der Waals surface area contributed by atoms with Crippen molar-refractivity contribution >= 4 is 17.4 Å².